The van der Waals surface area contributed by atoms with Gasteiger partial charge in [0, 0.05) is 53.9 Å². The predicted molar refractivity (Wildman–Crippen MR) is 151 cm³/mol. The number of aliphatic hydroxyl groups is 1. The first kappa shape index (κ1) is 26.5. The van der Waals surface area contributed by atoms with Crippen molar-refractivity contribution < 1.29 is 19.4 Å². The third kappa shape index (κ3) is 4.18. The molecule has 4 aromatic rings. The van der Waals surface area contributed by atoms with Crippen LogP contribution in [0, 0.1) is 5.92 Å². The second-order valence-corrected chi connectivity index (χ2v) is 15.2. The second-order valence-electron chi connectivity index (χ2n) is 11.2. The Balaban J connectivity index is 1.38. The number of anilines is 1. The first-order valence-corrected chi connectivity index (χ1v) is 16.5. The van der Waals surface area contributed by atoms with E-state index in [1.165, 1.54) is 4.68 Å². The van der Waals surface area contributed by atoms with Gasteiger partial charge in [0.15, 0.2) is 13.9 Å². The highest BCUT2D eigenvalue weighted by atomic mass is 28.4. The van der Waals surface area contributed by atoms with Gasteiger partial charge in [-0.2, -0.15) is 9.78 Å². The fourth-order valence-corrected chi connectivity index (χ4v) is 9.10. The molecule has 0 bridgehead atoms. The Hall–Kier alpha value is -3.71. The lowest BCUT2D eigenvalue weighted by Crippen LogP contribution is -2.43. The molecular weight excluding hydrogens is 528 g/mol. The Morgan fingerprint density at radius 2 is 1.98 bits per heavy atom. The normalized spacial score (nSPS) is 24.1. The zero-order valence-corrected chi connectivity index (χ0v) is 23.6. The van der Waals surface area contributed by atoms with Crippen molar-refractivity contribution in [1.29, 1.82) is 0 Å². The van der Waals surface area contributed by atoms with Gasteiger partial charge in [-0.3, -0.25) is 14.3 Å². The zero-order chi connectivity index (χ0) is 28.2. The molecule has 4 heterocycles. The van der Waals surface area contributed by atoms with Gasteiger partial charge < -0.3 is 20.0 Å². The van der Waals surface area contributed by atoms with E-state index in [0.717, 1.165) is 5.39 Å². The minimum Gasteiger partial charge on any atom is -0.432 e. The first-order chi connectivity index (χ1) is 19.1. The standard InChI is InChI=1S/C28H32N6O5Si/c1-17-25(40(2,3)38)24(10-12-33-16-19(11-13-35)31-32-33)39-28(17)22-14-20(8-9-23(22)30-27(28)37)34-26(36)21-7-5-4-6-18(21)15-29-34/h4-9,14-17,24-25,35,38H,10-13H2,1-3H3,(H,30,37)/t17-,24+,25-,28+/m0/s1. The molecule has 0 saturated carbocycles. The fraction of sp³-hybridized carbons (Fsp3) is 0.393. The van der Waals surface area contributed by atoms with Crippen LogP contribution in [0.1, 0.15) is 24.6 Å². The van der Waals surface area contributed by atoms with Crippen molar-refractivity contribution in [2.24, 2.45) is 5.92 Å². The van der Waals surface area contributed by atoms with Gasteiger partial charge >= 0.3 is 0 Å². The summed E-state index contributed by atoms with van der Waals surface area (Å²) >= 11 is 0. The van der Waals surface area contributed by atoms with E-state index in [-0.39, 0.29) is 29.5 Å². The van der Waals surface area contributed by atoms with Gasteiger partial charge in [-0.1, -0.05) is 30.3 Å². The summed E-state index contributed by atoms with van der Waals surface area (Å²) < 4.78 is 9.76. The van der Waals surface area contributed by atoms with E-state index in [9.17, 15) is 19.5 Å². The average Bonchev–Trinajstić information content (AvgIpc) is 3.58. The lowest BCUT2D eigenvalue weighted by Gasteiger charge is -2.32. The van der Waals surface area contributed by atoms with E-state index in [1.54, 1.807) is 41.3 Å². The summed E-state index contributed by atoms with van der Waals surface area (Å²) in [7, 11) is -2.81. The number of benzene rings is 2. The number of hydrogen-bond acceptors (Lipinski definition) is 8. The van der Waals surface area contributed by atoms with Crippen molar-refractivity contribution >= 4 is 30.7 Å². The quantitative estimate of drug-likeness (QED) is 0.292. The molecule has 2 aliphatic heterocycles. The number of rotatable bonds is 7. The molecule has 1 spiro atoms. The Kier molecular flexibility index (Phi) is 6.45. The van der Waals surface area contributed by atoms with Gasteiger partial charge in [0.25, 0.3) is 11.5 Å². The van der Waals surface area contributed by atoms with Crippen molar-refractivity contribution in [2.75, 3.05) is 11.9 Å². The summed E-state index contributed by atoms with van der Waals surface area (Å²) in [6.07, 6.45) is 3.98. The van der Waals surface area contributed by atoms with Crippen LogP contribution in [0.3, 0.4) is 0 Å². The lowest BCUT2D eigenvalue weighted by atomic mass is 9.82. The van der Waals surface area contributed by atoms with Gasteiger partial charge in [-0.15, -0.1) is 5.10 Å². The molecule has 11 nitrogen and oxygen atoms in total. The van der Waals surface area contributed by atoms with Crippen LogP contribution in [-0.4, -0.2) is 61.6 Å². The Morgan fingerprint density at radius 1 is 1.18 bits per heavy atom. The molecule has 1 amide bonds. The maximum Gasteiger partial charge on any atom is 0.279 e. The van der Waals surface area contributed by atoms with Crippen LogP contribution in [0.2, 0.25) is 18.6 Å². The van der Waals surface area contributed by atoms with Crippen LogP contribution in [0.4, 0.5) is 5.69 Å². The predicted octanol–water partition coefficient (Wildman–Crippen LogP) is 2.35. The number of aryl methyl sites for hydroxylation is 1. The second kappa shape index (κ2) is 9.73. The molecule has 0 unspecified atom stereocenters. The van der Waals surface area contributed by atoms with Crippen LogP contribution in [0.15, 0.2) is 59.7 Å². The largest absolute Gasteiger partial charge is 0.432 e. The van der Waals surface area contributed by atoms with Crippen molar-refractivity contribution in [3.63, 3.8) is 0 Å². The molecule has 3 N–H and O–H groups in total. The molecule has 0 radical (unpaired) electrons. The molecule has 1 fully saturated rings. The maximum absolute atomic E-state index is 13.7. The number of amides is 1. The number of aliphatic hydroxyl groups excluding tert-OH is 1. The summed E-state index contributed by atoms with van der Waals surface area (Å²) in [5.41, 5.74) is 0.673. The van der Waals surface area contributed by atoms with Gasteiger partial charge in [-0.05, 0) is 43.8 Å². The third-order valence-electron chi connectivity index (χ3n) is 8.26. The van der Waals surface area contributed by atoms with Crippen molar-refractivity contribution in [1.82, 2.24) is 24.8 Å². The average molecular weight is 561 g/mol. The molecule has 2 aromatic heterocycles. The van der Waals surface area contributed by atoms with E-state index in [4.69, 9.17) is 4.74 Å². The number of hydrogen-bond donors (Lipinski definition) is 3. The molecule has 1 saturated heterocycles. The summed E-state index contributed by atoms with van der Waals surface area (Å²) in [6, 6.07) is 12.6. The van der Waals surface area contributed by atoms with Crippen molar-refractivity contribution in [3.05, 3.63) is 76.5 Å². The van der Waals surface area contributed by atoms with E-state index in [0.29, 0.717) is 47.4 Å². The van der Waals surface area contributed by atoms with Crippen LogP contribution in [0.5, 0.6) is 0 Å². The Labute approximate surface area is 231 Å². The van der Waals surface area contributed by atoms with Crippen molar-refractivity contribution in [3.8, 4) is 5.69 Å². The third-order valence-corrected chi connectivity index (χ3v) is 10.8. The van der Waals surface area contributed by atoms with Crippen molar-refractivity contribution in [2.45, 2.75) is 56.7 Å². The molecule has 12 heteroatoms. The highest BCUT2D eigenvalue weighted by Crippen LogP contribution is 2.58. The number of ether oxygens (including phenoxy) is 1. The molecule has 6 rings (SSSR count). The highest BCUT2D eigenvalue weighted by Gasteiger charge is 2.64. The van der Waals surface area contributed by atoms with Gasteiger partial charge in [0.1, 0.15) is 0 Å². The van der Waals surface area contributed by atoms with E-state index < -0.39 is 20.0 Å². The summed E-state index contributed by atoms with van der Waals surface area (Å²) in [4.78, 5) is 38.4. The minimum atomic E-state index is -2.81. The number of carbonyl (C=O) groups excluding carboxylic acids is 1. The first-order valence-electron chi connectivity index (χ1n) is 13.5. The van der Waals surface area contributed by atoms with Crippen LogP contribution in [-0.2, 0) is 28.1 Å². The van der Waals surface area contributed by atoms with E-state index >= 15 is 0 Å². The number of aromatic nitrogens is 5. The minimum absolute atomic E-state index is 0.00576. The van der Waals surface area contributed by atoms with E-state index in [2.05, 4.69) is 20.7 Å². The van der Waals surface area contributed by atoms with Gasteiger partial charge in [0.05, 0.1) is 29.1 Å². The summed E-state index contributed by atoms with van der Waals surface area (Å²) in [6.45, 7) is 6.19. The topological polar surface area (TPSA) is 144 Å². The number of fused-ring (bicyclic) bond motifs is 3. The smallest absolute Gasteiger partial charge is 0.279 e. The Morgan fingerprint density at radius 3 is 2.75 bits per heavy atom. The van der Waals surface area contributed by atoms with Crippen LogP contribution < -0.4 is 10.9 Å². The molecule has 4 atom stereocenters. The molecule has 0 aliphatic carbocycles. The zero-order valence-electron chi connectivity index (χ0n) is 22.6. The number of carbonyl (C=O) groups is 1. The molecule has 40 heavy (non-hydrogen) atoms. The molecule has 208 valence electrons. The maximum atomic E-state index is 13.7. The summed E-state index contributed by atoms with van der Waals surface area (Å²) in [5, 5.41) is 26.1. The summed E-state index contributed by atoms with van der Waals surface area (Å²) in [5.74, 6) is -0.606. The molecular formula is C28H32N6O5Si. The van der Waals surface area contributed by atoms with Gasteiger partial charge in [0.2, 0.25) is 0 Å². The lowest BCUT2D eigenvalue weighted by molar-refractivity contribution is -0.143. The van der Waals surface area contributed by atoms with Crippen LogP contribution >= 0.6 is 0 Å². The highest BCUT2D eigenvalue weighted by molar-refractivity contribution is 6.71. The Bertz CT molecular complexity index is 1660. The number of nitrogens with zero attached hydrogens (tertiary/aromatic N) is 5. The van der Waals surface area contributed by atoms with Gasteiger partial charge in [-0.25, -0.2) is 0 Å². The monoisotopic (exact) mass is 560 g/mol. The van der Waals surface area contributed by atoms with Crippen LogP contribution in [0.25, 0.3) is 16.5 Å². The fourth-order valence-electron chi connectivity index (χ4n) is 6.50. The number of nitrogens with one attached hydrogen (secondary N) is 1. The SMILES string of the molecule is C[C@H]1[C@H]([Si](C)(C)O)[C@@H](CCn2cc(CCO)nn2)O[C@]12C(=O)Nc1ccc(-n3ncc4ccccc4c3=O)cc12. The van der Waals surface area contributed by atoms with E-state index in [1.807, 2.05) is 38.2 Å². The molecule has 2 aliphatic rings. The molecule has 2 aromatic carbocycles.